The summed E-state index contributed by atoms with van der Waals surface area (Å²) >= 11 is 0. The first-order chi connectivity index (χ1) is 8.75. The van der Waals surface area contributed by atoms with Crippen LogP contribution in [0.2, 0.25) is 0 Å². The van der Waals surface area contributed by atoms with Gasteiger partial charge in [0, 0.05) is 24.7 Å². The van der Waals surface area contributed by atoms with E-state index in [-0.39, 0.29) is 0 Å². The molecule has 1 aliphatic carbocycles. The third-order valence-electron chi connectivity index (χ3n) is 3.41. The van der Waals surface area contributed by atoms with E-state index >= 15 is 0 Å². The molecular formula is C16H21NO. The molecule has 0 amide bonds. The molecule has 0 saturated heterocycles. The number of nitrogens with one attached hydrogen (secondary N) is 1. The molecule has 1 fully saturated rings. The van der Waals surface area contributed by atoms with Crippen molar-refractivity contribution in [2.24, 2.45) is 0 Å². The lowest BCUT2D eigenvalue weighted by molar-refractivity contribution is -0.115. The summed E-state index contributed by atoms with van der Waals surface area (Å²) in [4.78, 5) is 11.8. The number of aryl methyl sites for hydroxylation is 1. The van der Waals surface area contributed by atoms with Gasteiger partial charge in [-0.1, -0.05) is 36.2 Å². The molecule has 2 nitrogen and oxygen atoms in total. The Hall–Kier alpha value is -1.57. The lowest BCUT2D eigenvalue weighted by Gasteiger charge is -2.05. The number of allylic oxidation sites excluding steroid dienone is 1. The highest BCUT2D eigenvalue weighted by molar-refractivity contribution is 5.95. The van der Waals surface area contributed by atoms with Crippen LogP contribution >= 0.6 is 0 Å². The second-order valence-electron chi connectivity index (χ2n) is 5.02. The van der Waals surface area contributed by atoms with Gasteiger partial charge in [0.15, 0.2) is 5.78 Å². The van der Waals surface area contributed by atoms with Gasteiger partial charge < -0.3 is 5.32 Å². The molecule has 1 saturated carbocycles. The Labute approximate surface area is 109 Å². The molecule has 1 N–H and O–H groups in total. The van der Waals surface area contributed by atoms with E-state index in [4.69, 9.17) is 0 Å². The average Bonchev–Trinajstić information content (AvgIpc) is 2.57. The van der Waals surface area contributed by atoms with E-state index in [9.17, 15) is 4.79 Å². The fourth-order valence-electron chi connectivity index (χ4n) is 2.23. The number of hydrogen-bond donors (Lipinski definition) is 1. The molecule has 1 aliphatic rings. The molecule has 96 valence electrons. The van der Waals surface area contributed by atoms with Gasteiger partial charge in [-0.25, -0.2) is 0 Å². The SMILES string of the molecule is Cc1ccc(CNC=C2CCCCCC2=O)cc1. The molecular weight excluding hydrogens is 222 g/mol. The van der Waals surface area contributed by atoms with Gasteiger partial charge in [-0.05, 0) is 31.7 Å². The van der Waals surface area contributed by atoms with Crippen molar-refractivity contribution in [1.82, 2.24) is 5.32 Å². The third kappa shape index (κ3) is 3.73. The Balaban J connectivity index is 1.89. The molecule has 0 spiro atoms. The average molecular weight is 243 g/mol. The van der Waals surface area contributed by atoms with Crippen LogP contribution in [0.25, 0.3) is 0 Å². The molecule has 0 bridgehead atoms. The minimum absolute atomic E-state index is 0.323. The van der Waals surface area contributed by atoms with E-state index in [1.165, 1.54) is 17.5 Å². The molecule has 1 aromatic carbocycles. The first-order valence-electron chi connectivity index (χ1n) is 6.77. The number of benzene rings is 1. The topological polar surface area (TPSA) is 29.1 Å². The molecule has 0 heterocycles. The molecule has 0 radical (unpaired) electrons. The normalized spacial score (nSPS) is 18.7. The van der Waals surface area contributed by atoms with Crippen LogP contribution in [-0.4, -0.2) is 5.78 Å². The van der Waals surface area contributed by atoms with Crippen LogP contribution in [0.4, 0.5) is 0 Å². The summed E-state index contributed by atoms with van der Waals surface area (Å²) < 4.78 is 0. The minimum Gasteiger partial charge on any atom is -0.386 e. The predicted molar refractivity (Wildman–Crippen MR) is 74.2 cm³/mol. The van der Waals surface area contributed by atoms with E-state index in [1.807, 2.05) is 6.20 Å². The maximum atomic E-state index is 11.8. The Morgan fingerprint density at radius 3 is 2.61 bits per heavy atom. The van der Waals surface area contributed by atoms with Gasteiger partial charge in [0.25, 0.3) is 0 Å². The van der Waals surface area contributed by atoms with Crippen LogP contribution in [0.5, 0.6) is 0 Å². The first-order valence-corrected chi connectivity index (χ1v) is 6.77. The van der Waals surface area contributed by atoms with Crippen LogP contribution in [0, 0.1) is 6.92 Å². The summed E-state index contributed by atoms with van der Waals surface area (Å²) in [5.74, 6) is 0.323. The van der Waals surface area contributed by atoms with Gasteiger partial charge in [-0.15, -0.1) is 0 Å². The number of carbonyl (C=O) groups is 1. The second kappa shape index (κ2) is 6.39. The second-order valence-corrected chi connectivity index (χ2v) is 5.02. The molecule has 0 unspecified atom stereocenters. The van der Waals surface area contributed by atoms with Crippen molar-refractivity contribution < 1.29 is 4.79 Å². The molecule has 0 atom stereocenters. The van der Waals surface area contributed by atoms with E-state index in [2.05, 4.69) is 36.5 Å². The summed E-state index contributed by atoms with van der Waals surface area (Å²) in [6, 6.07) is 8.47. The van der Waals surface area contributed by atoms with Crippen molar-refractivity contribution in [3.05, 3.63) is 47.2 Å². The molecule has 1 aromatic rings. The minimum atomic E-state index is 0.323. The zero-order chi connectivity index (χ0) is 12.8. The van der Waals surface area contributed by atoms with E-state index in [0.717, 1.165) is 37.8 Å². The highest BCUT2D eigenvalue weighted by Crippen LogP contribution is 2.18. The van der Waals surface area contributed by atoms with Crippen LogP contribution in [0.1, 0.15) is 43.2 Å². The smallest absolute Gasteiger partial charge is 0.160 e. The van der Waals surface area contributed by atoms with E-state index < -0.39 is 0 Å². The Bertz CT molecular complexity index is 431. The number of hydrogen-bond acceptors (Lipinski definition) is 2. The van der Waals surface area contributed by atoms with Gasteiger partial charge in [0.05, 0.1) is 0 Å². The number of rotatable bonds is 3. The van der Waals surface area contributed by atoms with E-state index in [0.29, 0.717) is 5.78 Å². The quantitative estimate of drug-likeness (QED) is 0.650. The van der Waals surface area contributed by atoms with Gasteiger partial charge in [-0.2, -0.15) is 0 Å². The predicted octanol–water partition coefficient (Wildman–Crippen LogP) is 3.50. The lowest BCUT2D eigenvalue weighted by Crippen LogP contribution is -2.09. The maximum absolute atomic E-state index is 11.8. The molecule has 18 heavy (non-hydrogen) atoms. The standard InChI is InChI=1S/C16H21NO/c1-13-7-9-14(10-8-13)11-17-12-15-5-3-2-4-6-16(15)18/h7-10,12,17H,2-6,11H2,1H3. The molecule has 2 heteroatoms. The number of carbonyl (C=O) groups excluding carboxylic acids is 1. The molecule has 0 aromatic heterocycles. The lowest BCUT2D eigenvalue weighted by atomic mass is 10.1. The fraction of sp³-hybridized carbons (Fsp3) is 0.438. The largest absolute Gasteiger partial charge is 0.386 e. The summed E-state index contributed by atoms with van der Waals surface area (Å²) in [5.41, 5.74) is 3.49. The molecule has 2 rings (SSSR count). The van der Waals surface area contributed by atoms with Crippen molar-refractivity contribution in [3.8, 4) is 0 Å². The summed E-state index contributed by atoms with van der Waals surface area (Å²) in [6.45, 7) is 2.88. The number of ketones is 1. The Kier molecular flexibility index (Phi) is 4.57. The third-order valence-corrected chi connectivity index (χ3v) is 3.41. The van der Waals surface area contributed by atoms with Crippen molar-refractivity contribution in [2.45, 2.75) is 45.6 Å². The van der Waals surface area contributed by atoms with Crippen LogP contribution in [0.15, 0.2) is 36.0 Å². The Morgan fingerprint density at radius 1 is 1.11 bits per heavy atom. The highest BCUT2D eigenvalue weighted by Gasteiger charge is 2.12. The van der Waals surface area contributed by atoms with Crippen molar-refractivity contribution >= 4 is 5.78 Å². The zero-order valence-corrected chi connectivity index (χ0v) is 11.0. The van der Waals surface area contributed by atoms with Gasteiger partial charge in [-0.3, -0.25) is 4.79 Å². The maximum Gasteiger partial charge on any atom is 0.160 e. The zero-order valence-electron chi connectivity index (χ0n) is 11.0. The fourth-order valence-corrected chi connectivity index (χ4v) is 2.23. The van der Waals surface area contributed by atoms with Crippen LogP contribution < -0.4 is 5.32 Å². The van der Waals surface area contributed by atoms with Gasteiger partial charge in [0.2, 0.25) is 0 Å². The first kappa shape index (κ1) is 12.9. The highest BCUT2D eigenvalue weighted by atomic mass is 16.1. The van der Waals surface area contributed by atoms with Crippen LogP contribution in [0.3, 0.4) is 0 Å². The van der Waals surface area contributed by atoms with E-state index in [1.54, 1.807) is 0 Å². The van der Waals surface area contributed by atoms with Gasteiger partial charge in [0.1, 0.15) is 0 Å². The van der Waals surface area contributed by atoms with Crippen LogP contribution in [-0.2, 0) is 11.3 Å². The molecule has 0 aliphatic heterocycles. The monoisotopic (exact) mass is 243 g/mol. The number of Topliss-reactive ketones (excluding diaryl/α,β-unsaturated/α-hetero) is 1. The summed E-state index contributed by atoms with van der Waals surface area (Å²) in [7, 11) is 0. The van der Waals surface area contributed by atoms with Gasteiger partial charge >= 0.3 is 0 Å². The van der Waals surface area contributed by atoms with Crippen molar-refractivity contribution in [3.63, 3.8) is 0 Å². The van der Waals surface area contributed by atoms with Crippen molar-refractivity contribution in [1.29, 1.82) is 0 Å². The summed E-state index contributed by atoms with van der Waals surface area (Å²) in [5, 5.41) is 3.27. The summed E-state index contributed by atoms with van der Waals surface area (Å²) in [6.07, 6.45) is 6.95. The van der Waals surface area contributed by atoms with Crippen molar-refractivity contribution in [2.75, 3.05) is 0 Å². The Morgan fingerprint density at radius 2 is 1.83 bits per heavy atom.